The van der Waals surface area contributed by atoms with Crippen molar-refractivity contribution in [2.45, 2.75) is 0 Å². The fraction of sp³-hybridized carbons (Fsp3) is 0. The Morgan fingerprint density at radius 3 is 2.71 bits per heavy atom. The number of halogens is 3. The third-order valence-corrected chi connectivity index (χ3v) is 2.60. The first kappa shape index (κ1) is 11.8. The Kier molecular flexibility index (Phi) is 3.23. The Hall–Kier alpha value is -1.70. The van der Waals surface area contributed by atoms with Crippen LogP contribution in [-0.2, 0) is 0 Å². The largest absolute Gasteiger partial charge is 0.233 e. The molecule has 0 bridgehead atoms. The topological polar surface area (TPSA) is 49.6 Å². The molecule has 0 atom stereocenters. The van der Waals surface area contributed by atoms with E-state index in [2.05, 4.69) is 9.97 Å². The molecule has 1 aromatic carbocycles. The lowest BCUT2D eigenvalue weighted by molar-refractivity contribution is 0.618. The summed E-state index contributed by atoms with van der Waals surface area (Å²) < 4.78 is 13.7. The molecule has 6 heteroatoms. The van der Waals surface area contributed by atoms with Crippen LogP contribution in [0.4, 0.5) is 4.39 Å². The Morgan fingerprint density at radius 1 is 1.24 bits per heavy atom. The second kappa shape index (κ2) is 4.66. The number of rotatable bonds is 1. The van der Waals surface area contributed by atoms with E-state index in [0.717, 1.165) is 6.33 Å². The van der Waals surface area contributed by atoms with Gasteiger partial charge in [0.25, 0.3) is 0 Å². The Bertz CT molecular complexity index is 623. The van der Waals surface area contributed by atoms with Gasteiger partial charge in [0.2, 0.25) is 0 Å². The highest BCUT2D eigenvalue weighted by Gasteiger charge is 2.14. The first-order valence-electron chi connectivity index (χ1n) is 4.49. The highest BCUT2D eigenvalue weighted by atomic mass is 35.5. The summed E-state index contributed by atoms with van der Waals surface area (Å²) in [5.41, 5.74) is 0.545. The van der Waals surface area contributed by atoms with Crippen molar-refractivity contribution >= 4 is 23.2 Å². The van der Waals surface area contributed by atoms with Crippen molar-refractivity contribution in [3.63, 3.8) is 0 Å². The van der Waals surface area contributed by atoms with Crippen LogP contribution >= 0.6 is 23.2 Å². The van der Waals surface area contributed by atoms with Crippen LogP contribution in [0.3, 0.4) is 0 Å². The number of hydrogen-bond donors (Lipinski definition) is 0. The zero-order valence-electron chi connectivity index (χ0n) is 8.28. The molecule has 3 nitrogen and oxygen atoms in total. The Balaban J connectivity index is 2.69. The molecule has 0 fully saturated rings. The van der Waals surface area contributed by atoms with Gasteiger partial charge in [-0.2, -0.15) is 5.26 Å². The van der Waals surface area contributed by atoms with Gasteiger partial charge in [-0.1, -0.05) is 23.2 Å². The second-order valence-electron chi connectivity index (χ2n) is 3.13. The van der Waals surface area contributed by atoms with E-state index in [9.17, 15) is 4.39 Å². The molecule has 0 aliphatic carbocycles. The van der Waals surface area contributed by atoms with E-state index in [1.54, 1.807) is 6.07 Å². The molecule has 0 N–H and O–H groups in total. The predicted molar refractivity (Wildman–Crippen MR) is 62.2 cm³/mol. The molecule has 0 radical (unpaired) electrons. The molecular formula is C11H4Cl2FN3. The third-order valence-electron chi connectivity index (χ3n) is 2.10. The summed E-state index contributed by atoms with van der Waals surface area (Å²) in [5.74, 6) is -0.756. The van der Waals surface area contributed by atoms with E-state index in [-0.39, 0.29) is 16.4 Å². The van der Waals surface area contributed by atoms with Crippen molar-refractivity contribution in [3.05, 3.63) is 46.1 Å². The minimum Gasteiger partial charge on any atom is -0.233 e. The van der Waals surface area contributed by atoms with E-state index in [0.29, 0.717) is 10.6 Å². The smallest absolute Gasteiger partial charge is 0.186 e. The van der Waals surface area contributed by atoms with Gasteiger partial charge in [-0.3, -0.25) is 0 Å². The molecule has 0 saturated heterocycles. The quantitative estimate of drug-likeness (QED) is 0.744. The van der Waals surface area contributed by atoms with Crippen LogP contribution in [-0.4, -0.2) is 9.97 Å². The zero-order valence-corrected chi connectivity index (χ0v) is 9.80. The summed E-state index contributed by atoms with van der Waals surface area (Å²) in [4.78, 5) is 7.29. The Morgan fingerprint density at radius 2 is 2.00 bits per heavy atom. The molecule has 1 heterocycles. The summed E-state index contributed by atoms with van der Waals surface area (Å²) in [6.07, 6.45) is 1.14. The average Bonchev–Trinajstić information content (AvgIpc) is 2.33. The van der Waals surface area contributed by atoms with Gasteiger partial charge in [0, 0.05) is 10.6 Å². The first-order valence-corrected chi connectivity index (χ1v) is 5.25. The van der Waals surface area contributed by atoms with Gasteiger partial charge in [-0.15, -0.1) is 0 Å². The highest BCUT2D eigenvalue weighted by Crippen LogP contribution is 2.28. The van der Waals surface area contributed by atoms with Gasteiger partial charge < -0.3 is 0 Å². The van der Waals surface area contributed by atoms with E-state index in [1.807, 2.05) is 6.07 Å². The predicted octanol–water partition coefficient (Wildman–Crippen LogP) is 3.46. The van der Waals surface area contributed by atoms with Crippen LogP contribution < -0.4 is 0 Å². The van der Waals surface area contributed by atoms with Crippen LogP contribution in [0.5, 0.6) is 0 Å². The molecule has 84 valence electrons. The van der Waals surface area contributed by atoms with E-state index in [1.165, 1.54) is 12.1 Å². The second-order valence-corrected chi connectivity index (χ2v) is 3.92. The minimum atomic E-state index is -0.756. The van der Waals surface area contributed by atoms with Gasteiger partial charge in [0.15, 0.2) is 11.0 Å². The maximum Gasteiger partial charge on any atom is 0.186 e. The normalized spacial score (nSPS) is 10.0. The molecule has 2 rings (SSSR count). The van der Waals surface area contributed by atoms with Gasteiger partial charge in [-0.25, -0.2) is 14.4 Å². The summed E-state index contributed by atoms with van der Waals surface area (Å²) in [6.45, 7) is 0. The monoisotopic (exact) mass is 267 g/mol. The lowest BCUT2D eigenvalue weighted by Crippen LogP contribution is -1.95. The molecule has 2 aromatic rings. The summed E-state index contributed by atoms with van der Waals surface area (Å²) in [6, 6.07) is 6.43. The van der Waals surface area contributed by atoms with Gasteiger partial charge in [-0.05, 0) is 18.2 Å². The summed E-state index contributed by atoms with van der Waals surface area (Å²) in [5, 5.41) is 9.07. The molecule has 0 amide bonds. The molecule has 0 spiro atoms. The lowest BCUT2D eigenvalue weighted by Gasteiger charge is -2.05. The summed E-state index contributed by atoms with van der Waals surface area (Å²) >= 11 is 11.3. The molecule has 1 aromatic heterocycles. The Labute approximate surface area is 106 Å². The molecule has 0 unspecified atom stereocenters. The first-order chi connectivity index (χ1) is 8.13. The number of nitriles is 1. The van der Waals surface area contributed by atoms with Crippen molar-refractivity contribution in [3.8, 4) is 17.3 Å². The zero-order chi connectivity index (χ0) is 12.4. The van der Waals surface area contributed by atoms with Crippen LogP contribution in [0.15, 0.2) is 24.5 Å². The van der Waals surface area contributed by atoms with Crippen molar-refractivity contribution in [2.75, 3.05) is 0 Å². The molecular weight excluding hydrogens is 264 g/mol. The highest BCUT2D eigenvalue weighted by molar-refractivity contribution is 6.31. The average molecular weight is 268 g/mol. The molecule has 17 heavy (non-hydrogen) atoms. The molecule has 0 aliphatic rings. The van der Waals surface area contributed by atoms with Crippen LogP contribution in [0, 0.1) is 17.1 Å². The maximum atomic E-state index is 13.7. The number of aromatic nitrogens is 2. The minimum absolute atomic E-state index is 0.0155. The van der Waals surface area contributed by atoms with Gasteiger partial charge in [0.05, 0.1) is 11.6 Å². The van der Waals surface area contributed by atoms with Crippen molar-refractivity contribution in [1.29, 1.82) is 5.26 Å². The van der Waals surface area contributed by atoms with Crippen LogP contribution in [0.1, 0.15) is 5.56 Å². The van der Waals surface area contributed by atoms with Crippen molar-refractivity contribution < 1.29 is 4.39 Å². The van der Waals surface area contributed by atoms with Crippen molar-refractivity contribution in [2.24, 2.45) is 0 Å². The van der Waals surface area contributed by atoms with Crippen molar-refractivity contribution in [1.82, 2.24) is 9.97 Å². The van der Waals surface area contributed by atoms with Crippen LogP contribution in [0.2, 0.25) is 10.2 Å². The van der Waals surface area contributed by atoms with E-state index in [4.69, 9.17) is 28.5 Å². The number of benzene rings is 1. The molecule has 0 aliphatic heterocycles. The van der Waals surface area contributed by atoms with E-state index < -0.39 is 5.82 Å². The summed E-state index contributed by atoms with van der Waals surface area (Å²) in [7, 11) is 0. The fourth-order valence-electron chi connectivity index (χ4n) is 1.35. The molecule has 0 saturated carbocycles. The van der Waals surface area contributed by atoms with Gasteiger partial charge in [0.1, 0.15) is 12.0 Å². The van der Waals surface area contributed by atoms with E-state index >= 15 is 0 Å². The standard InChI is InChI=1S/C11H4Cl2FN3/c12-7-1-2-8(6(3-7)4-15)10-9(14)11(13)17-5-16-10/h1-3,5H. The third kappa shape index (κ3) is 2.21. The number of nitrogens with zero attached hydrogens (tertiary/aromatic N) is 3. The van der Waals surface area contributed by atoms with Crippen LogP contribution in [0.25, 0.3) is 11.3 Å². The maximum absolute atomic E-state index is 13.7. The lowest BCUT2D eigenvalue weighted by atomic mass is 10.1. The van der Waals surface area contributed by atoms with Gasteiger partial charge >= 0.3 is 0 Å². The fourth-order valence-corrected chi connectivity index (χ4v) is 1.66. The number of hydrogen-bond acceptors (Lipinski definition) is 3. The SMILES string of the molecule is N#Cc1cc(Cl)ccc1-c1ncnc(Cl)c1F.